The number of carbonyl (C=O) groups excluding carboxylic acids is 1. The summed E-state index contributed by atoms with van der Waals surface area (Å²) in [6.07, 6.45) is 7.07. The van der Waals surface area contributed by atoms with Crippen LogP contribution in [0.5, 0.6) is 0 Å². The van der Waals surface area contributed by atoms with Gasteiger partial charge in [-0.3, -0.25) is 4.79 Å². The summed E-state index contributed by atoms with van der Waals surface area (Å²) >= 11 is 5.44. The fraction of sp³-hybridized carbons (Fsp3) is 0.909. The van der Waals surface area contributed by atoms with E-state index in [1.165, 1.54) is 32.1 Å². The van der Waals surface area contributed by atoms with Gasteiger partial charge in [-0.1, -0.05) is 19.3 Å². The van der Waals surface area contributed by atoms with E-state index in [1.54, 1.807) is 0 Å². The van der Waals surface area contributed by atoms with Crippen LogP contribution >= 0.6 is 11.6 Å². The van der Waals surface area contributed by atoms with Crippen molar-refractivity contribution in [2.24, 2.45) is 0 Å². The molecule has 1 aliphatic rings. The van der Waals surface area contributed by atoms with Crippen molar-refractivity contribution in [2.75, 3.05) is 19.0 Å². The molecular formula is C11H20ClNO2. The van der Waals surface area contributed by atoms with Gasteiger partial charge in [0.15, 0.2) is 0 Å². The summed E-state index contributed by atoms with van der Waals surface area (Å²) in [5, 5.41) is 2.77. The predicted molar refractivity (Wildman–Crippen MR) is 61.2 cm³/mol. The molecule has 1 rings (SSSR count). The van der Waals surface area contributed by atoms with Crippen LogP contribution in [0.4, 0.5) is 0 Å². The summed E-state index contributed by atoms with van der Waals surface area (Å²) in [6, 6.07) is 0. The lowest BCUT2D eigenvalue weighted by molar-refractivity contribution is -0.121. The molecule has 1 N–H and O–H groups in total. The molecule has 0 atom stereocenters. The van der Waals surface area contributed by atoms with Crippen molar-refractivity contribution in [2.45, 2.75) is 44.6 Å². The Kier molecular flexibility index (Phi) is 6.77. The minimum Gasteiger partial charge on any atom is -0.376 e. The standard InChI is InChI=1S/C11H20ClNO2/c12-7-6-11(14)13-8-9-15-10-4-2-1-3-5-10/h10H,1-9H2,(H,13,14). The Labute approximate surface area is 96.5 Å². The van der Waals surface area contributed by atoms with Crippen LogP contribution in [0.3, 0.4) is 0 Å². The van der Waals surface area contributed by atoms with Crippen LogP contribution < -0.4 is 5.32 Å². The zero-order valence-electron chi connectivity index (χ0n) is 9.14. The van der Waals surface area contributed by atoms with Gasteiger partial charge in [-0.2, -0.15) is 0 Å². The zero-order chi connectivity index (χ0) is 10.9. The van der Waals surface area contributed by atoms with Crippen LogP contribution in [0.15, 0.2) is 0 Å². The number of alkyl halides is 1. The molecule has 3 nitrogen and oxygen atoms in total. The van der Waals surface area contributed by atoms with E-state index in [2.05, 4.69) is 5.32 Å². The van der Waals surface area contributed by atoms with Gasteiger partial charge in [0, 0.05) is 18.8 Å². The largest absolute Gasteiger partial charge is 0.376 e. The molecule has 1 fully saturated rings. The molecule has 0 aliphatic heterocycles. The number of hydrogen-bond donors (Lipinski definition) is 1. The maximum Gasteiger partial charge on any atom is 0.221 e. The third-order valence-electron chi connectivity index (χ3n) is 2.65. The van der Waals surface area contributed by atoms with E-state index in [0.717, 1.165) is 0 Å². The number of halogens is 1. The summed E-state index contributed by atoms with van der Waals surface area (Å²) in [6.45, 7) is 1.23. The van der Waals surface area contributed by atoms with Crippen molar-refractivity contribution in [1.82, 2.24) is 5.32 Å². The van der Waals surface area contributed by atoms with Crippen LogP contribution in [-0.2, 0) is 9.53 Å². The molecule has 0 spiro atoms. The van der Waals surface area contributed by atoms with Gasteiger partial charge in [0.25, 0.3) is 0 Å². The summed E-state index contributed by atoms with van der Waals surface area (Å²) in [5.41, 5.74) is 0. The van der Waals surface area contributed by atoms with Crippen LogP contribution in [0.2, 0.25) is 0 Å². The third-order valence-corrected chi connectivity index (χ3v) is 2.84. The Hall–Kier alpha value is -0.280. The van der Waals surface area contributed by atoms with E-state index in [4.69, 9.17) is 16.3 Å². The Balaban J connectivity index is 1.93. The van der Waals surface area contributed by atoms with E-state index in [-0.39, 0.29) is 5.91 Å². The average Bonchev–Trinajstić information content (AvgIpc) is 2.26. The highest BCUT2D eigenvalue weighted by molar-refractivity contribution is 6.18. The topological polar surface area (TPSA) is 38.3 Å². The van der Waals surface area contributed by atoms with Gasteiger partial charge >= 0.3 is 0 Å². The van der Waals surface area contributed by atoms with Gasteiger partial charge < -0.3 is 10.1 Å². The van der Waals surface area contributed by atoms with Crippen LogP contribution in [0, 0.1) is 0 Å². The van der Waals surface area contributed by atoms with Crippen molar-refractivity contribution < 1.29 is 9.53 Å². The minimum absolute atomic E-state index is 0.0113. The Morgan fingerprint density at radius 1 is 1.33 bits per heavy atom. The second kappa shape index (κ2) is 7.94. The molecular weight excluding hydrogens is 214 g/mol. The summed E-state index contributed by atoms with van der Waals surface area (Å²) in [5.74, 6) is 0.396. The highest BCUT2D eigenvalue weighted by Gasteiger charge is 2.13. The number of ether oxygens (including phenoxy) is 1. The van der Waals surface area contributed by atoms with Crippen LogP contribution in [0.25, 0.3) is 0 Å². The first-order valence-corrected chi connectivity index (χ1v) is 6.30. The molecule has 0 bridgehead atoms. The summed E-state index contributed by atoms with van der Waals surface area (Å²) in [4.78, 5) is 11.0. The van der Waals surface area contributed by atoms with Gasteiger partial charge in [-0.25, -0.2) is 0 Å². The third kappa shape index (κ3) is 6.00. The molecule has 4 heteroatoms. The van der Waals surface area contributed by atoms with E-state index < -0.39 is 0 Å². The average molecular weight is 234 g/mol. The monoisotopic (exact) mass is 233 g/mol. The maximum atomic E-state index is 11.0. The molecule has 0 saturated heterocycles. The molecule has 0 aromatic carbocycles. The minimum atomic E-state index is 0.0113. The van der Waals surface area contributed by atoms with E-state index in [0.29, 0.717) is 31.6 Å². The molecule has 0 aromatic rings. The van der Waals surface area contributed by atoms with Crippen LogP contribution in [0.1, 0.15) is 38.5 Å². The first kappa shape index (κ1) is 12.8. The van der Waals surface area contributed by atoms with Crippen molar-refractivity contribution >= 4 is 17.5 Å². The molecule has 1 saturated carbocycles. The second-order valence-corrected chi connectivity index (χ2v) is 4.30. The zero-order valence-corrected chi connectivity index (χ0v) is 9.89. The molecule has 0 aromatic heterocycles. The molecule has 0 unspecified atom stereocenters. The number of nitrogens with one attached hydrogen (secondary N) is 1. The van der Waals surface area contributed by atoms with Gasteiger partial charge in [-0.05, 0) is 12.8 Å². The van der Waals surface area contributed by atoms with E-state index >= 15 is 0 Å². The molecule has 0 radical (unpaired) electrons. The molecule has 1 amide bonds. The molecule has 88 valence electrons. The normalized spacial score (nSPS) is 17.7. The molecule has 15 heavy (non-hydrogen) atoms. The van der Waals surface area contributed by atoms with Crippen molar-refractivity contribution in [1.29, 1.82) is 0 Å². The predicted octanol–water partition coefficient (Wildman–Crippen LogP) is 2.08. The van der Waals surface area contributed by atoms with Crippen LogP contribution in [-0.4, -0.2) is 31.0 Å². The van der Waals surface area contributed by atoms with E-state index in [9.17, 15) is 4.79 Å². The Bertz CT molecular complexity index is 181. The van der Waals surface area contributed by atoms with Crippen molar-refractivity contribution in [3.05, 3.63) is 0 Å². The fourth-order valence-electron chi connectivity index (χ4n) is 1.82. The first-order chi connectivity index (χ1) is 7.33. The number of hydrogen-bond acceptors (Lipinski definition) is 2. The Morgan fingerprint density at radius 3 is 2.73 bits per heavy atom. The molecule has 0 heterocycles. The second-order valence-electron chi connectivity index (χ2n) is 3.92. The number of carbonyl (C=O) groups is 1. The van der Waals surface area contributed by atoms with Gasteiger partial charge in [0.1, 0.15) is 0 Å². The van der Waals surface area contributed by atoms with Gasteiger partial charge in [-0.15, -0.1) is 11.6 Å². The SMILES string of the molecule is O=C(CCCl)NCCOC1CCCCC1. The number of rotatable bonds is 6. The lowest BCUT2D eigenvalue weighted by Gasteiger charge is -2.21. The fourth-order valence-corrected chi connectivity index (χ4v) is 1.99. The molecule has 1 aliphatic carbocycles. The summed E-state index contributed by atoms with van der Waals surface area (Å²) < 4.78 is 5.66. The van der Waals surface area contributed by atoms with Crippen molar-refractivity contribution in [3.63, 3.8) is 0 Å². The highest BCUT2D eigenvalue weighted by Crippen LogP contribution is 2.19. The maximum absolute atomic E-state index is 11.0. The van der Waals surface area contributed by atoms with E-state index in [1.807, 2.05) is 0 Å². The summed E-state index contributed by atoms with van der Waals surface area (Å²) in [7, 11) is 0. The smallest absolute Gasteiger partial charge is 0.221 e. The van der Waals surface area contributed by atoms with Crippen molar-refractivity contribution in [3.8, 4) is 0 Å². The van der Waals surface area contributed by atoms with Gasteiger partial charge in [0.2, 0.25) is 5.91 Å². The quantitative estimate of drug-likeness (QED) is 0.564. The lowest BCUT2D eigenvalue weighted by Crippen LogP contribution is -2.29. The first-order valence-electron chi connectivity index (χ1n) is 5.77. The Morgan fingerprint density at radius 2 is 2.07 bits per heavy atom. The highest BCUT2D eigenvalue weighted by atomic mass is 35.5. The lowest BCUT2D eigenvalue weighted by atomic mass is 9.98. The van der Waals surface area contributed by atoms with Gasteiger partial charge in [0.05, 0.1) is 12.7 Å². The number of amides is 1.